The van der Waals surface area contributed by atoms with Crippen LogP contribution in [0.1, 0.15) is 31.9 Å². The van der Waals surface area contributed by atoms with Gasteiger partial charge >= 0.3 is 6.09 Å². The maximum Gasteiger partial charge on any atom is 0.410 e. The van der Waals surface area contributed by atoms with Crippen LogP contribution < -0.4 is 0 Å². The van der Waals surface area contributed by atoms with Gasteiger partial charge in [-0.15, -0.1) is 0 Å². The van der Waals surface area contributed by atoms with E-state index in [4.69, 9.17) is 20.9 Å². The summed E-state index contributed by atoms with van der Waals surface area (Å²) in [6.45, 7) is 2.18. The second-order valence-electron chi connectivity index (χ2n) is 6.32. The Labute approximate surface area is 151 Å². The number of ether oxygens (including phenoxy) is 1. The van der Waals surface area contributed by atoms with Crippen LogP contribution in [0.5, 0.6) is 0 Å². The molecule has 4 rings (SSSR count). The summed E-state index contributed by atoms with van der Waals surface area (Å²) in [5, 5.41) is 4.99. The largest absolute Gasteiger partial charge is 0.450 e. The van der Waals surface area contributed by atoms with Crippen LogP contribution in [0.4, 0.5) is 4.79 Å². The third-order valence-electron chi connectivity index (χ3n) is 4.87. The molecule has 2 aromatic rings. The molecule has 3 heterocycles. The summed E-state index contributed by atoms with van der Waals surface area (Å²) in [6.07, 6.45) is 2.15. The van der Waals surface area contributed by atoms with Gasteiger partial charge in [-0.05, 0) is 19.8 Å². The van der Waals surface area contributed by atoms with Crippen molar-refractivity contribution in [1.29, 1.82) is 0 Å². The van der Waals surface area contributed by atoms with Crippen LogP contribution in [-0.4, -0.2) is 34.8 Å². The van der Waals surface area contributed by atoms with E-state index in [1.54, 1.807) is 0 Å². The van der Waals surface area contributed by atoms with Crippen molar-refractivity contribution in [3.05, 3.63) is 47.1 Å². The minimum atomic E-state index is -0.275. The van der Waals surface area contributed by atoms with Crippen molar-refractivity contribution in [2.75, 3.05) is 6.61 Å². The van der Waals surface area contributed by atoms with Crippen molar-refractivity contribution >= 4 is 23.3 Å². The lowest BCUT2D eigenvalue weighted by Crippen LogP contribution is -2.44. The van der Waals surface area contributed by atoms with Crippen molar-refractivity contribution in [2.45, 2.75) is 38.3 Å². The summed E-state index contributed by atoms with van der Waals surface area (Å²) in [5.41, 5.74) is 2.54. The number of aromatic nitrogens is 1. The van der Waals surface area contributed by atoms with Crippen molar-refractivity contribution < 1.29 is 14.1 Å². The highest BCUT2D eigenvalue weighted by molar-refractivity contribution is 6.33. The molecule has 0 aliphatic carbocycles. The summed E-state index contributed by atoms with van der Waals surface area (Å²) in [5.74, 6) is 0.690. The molecule has 5 nitrogen and oxygen atoms in total. The third kappa shape index (κ3) is 2.82. The number of carbonyl (C=O) groups excluding carboxylic acids is 1. The van der Waals surface area contributed by atoms with E-state index in [1.807, 2.05) is 48.2 Å². The van der Waals surface area contributed by atoms with Crippen LogP contribution >= 0.6 is 11.6 Å². The van der Waals surface area contributed by atoms with E-state index in [1.165, 1.54) is 0 Å². The maximum absolute atomic E-state index is 12.4. The number of amides is 1. The van der Waals surface area contributed by atoms with Gasteiger partial charge in [0.2, 0.25) is 0 Å². The minimum absolute atomic E-state index is 0.0981. The van der Waals surface area contributed by atoms with Crippen LogP contribution in [0.15, 0.2) is 46.0 Å². The van der Waals surface area contributed by atoms with Gasteiger partial charge in [0.05, 0.1) is 12.6 Å². The number of hydrogen-bond acceptors (Lipinski definition) is 4. The molecule has 6 heteroatoms. The van der Waals surface area contributed by atoms with E-state index in [0.717, 1.165) is 29.0 Å². The van der Waals surface area contributed by atoms with E-state index in [-0.39, 0.29) is 18.2 Å². The van der Waals surface area contributed by atoms with Gasteiger partial charge in [-0.2, -0.15) is 0 Å². The lowest BCUT2D eigenvalue weighted by molar-refractivity contribution is 0.0937. The van der Waals surface area contributed by atoms with Crippen LogP contribution in [-0.2, 0) is 4.74 Å². The fraction of sp³-hybridized carbons (Fsp3) is 0.368. The van der Waals surface area contributed by atoms with Gasteiger partial charge in [0, 0.05) is 34.7 Å². The van der Waals surface area contributed by atoms with Gasteiger partial charge in [-0.1, -0.05) is 47.1 Å². The first kappa shape index (κ1) is 16.2. The highest BCUT2D eigenvalue weighted by Crippen LogP contribution is 2.45. The third-order valence-corrected chi connectivity index (χ3v) is 5.22. The molecule has 0 radical (unpaired) electrons. The number of nitrogens with zero attached hydrogens (tertiary/aromatic N) is 2. The van der Waals surface area contributed by atoms with Gasteiger partial charge in [-0.25, -0.2) is 4.79 Å². The summed E-state index contributed by atoms with van der Waals surface area (Å²) in [7, 11) is 0. The number of hydrogen-bond donors (Lipinski definition) is 0. The number of benzene rings is 1. The van der Waals surface area contributed by atoms with Gasteiger partial charge in [0.15, 0.2) is 5.76 Å². The molecule has 1 saturated heterocycles. The van der Waals surface area contributed by atoms with Gasteiger partial charge in [0.1, 0.15) is 5.69 Å². The van der Waals surface area contributed by atoms with E-state index in [9.17, 15) is 4.79 Å². The van der Waals surface area contributed by atoms with Gasteiger partial charge in [-0.3, -0.25) is 4.90 Å². The van der Waals surface area contributed by atoms with Crippen LogP contribution in [0.25, 0.3) is 16.9 Å². The highest BCUT2D eigenvalue weighted by atomic mass is 35.5. The van der Waals surface area contributed by atoms with Crippen molar-refractivity contribution in [3.8, 4) is 11.3 Å². The smallest absolute Gasteiger partial charge is 0.410 e. The Morgan fingerprint density at radius 3 is 2.92 bits per heavy atom. The number of halogens is 1. The summed E-state index contributed by atoms with van der Waals surface area (Å²) in [4.78, 5) is 14.2. The fourth-order valence-corrected chi connectivity index (χ4v) is 4.19. The normalized spacial score (nSPS) is 22.4. The molecule has 1 aromatic carbocycles. The molecular weight excluding hydrogens is 340 g/mol. The van der Waals surface area contributed by atoms with Gasteiger partial charge in [0.25, 0.3) is 0 Å². The van der Waals surface area contributed by atoms with E-state index >= 15 is 0 Å². The zero-order valence-corrected chi connectivity index (χ0v) is 14.7. The first-order chi connectivity index (χ1) is 12.2. The summed E-state index contributed by atoms with van der Waals surface area (Å²) in [6, 6.07) is 11.7. The van der Waals surface area contributed by atoms with Crippen molar-refractivity contribution in [3.63, 3.8) is 0 Å². The lowest BCUT2D eigenvalue weighted by atomic mass is 9.98. The Morgan fingerprint density at radius 1 is 1.36 bits per heavy atom. The van der Waals surface area contributed by atoms with Crippen LogP contribution in [0, 0.1) is 0 Å². The van der Waals surface area contributed by atoms with Crippen LogP contribution in [0.2, 0.25) is 0 Å². The molecule has 130 valence electrons. The topological polar surface area (TPSA) is 55.6 Å². The number of carbonyl (C=O) groups is 1. The minimum Gasteiger partial charge on any atom is -0.450 e. The lowest BCUT2D eigenvalue weighted by Gasteiger charge is -2.34. The highest BCUT2D eigenvalue weighted by Gasteiger charge is 2.45. The molecular formula is C19H19ClN2O3. The number of fused-ring (bicyclic) bond motifs is 2. The van der Waals surface area contributed by atoms with E-state index in [2.05, 4.69) is 5.16 Å². The molecule has 0 spiro atoms. The van der Waals surface area contributed by atoms with E-state index < -0.39 is 0 Å². The molecule has 2 unspecified atom stereocenters. The van der Waals surface area contributed by atoms with Crippen molar-refractivity contribution in [2.24, 2.45) is 0 Å². The molecule has 2 aliphatic rings. The zero-order chi connectivity index (χ0) is 17.4. The molecule has 1 aromatic heterocycles. The molecule has 2 bridgehead atoms. The molecule has 0 N–H and O–H groups in total. The Morgan fingerprint density at radius 2 is 2.16 bits per heavy atom. The van der Waals surface area contributed by atoms with E-state index in [0.29, 0.717) is 24.5 Å². The quantitative estimate of drug-likeness (QED) is 0.799. The molecule has 0 saturated carbocycles. The maximum atomic E-state index is 12.4. The fourth-order valence-electron chi connectivity index (χ4n) is 3.79. The summed E-state index contributed by atoms with van der Waals surface area (Å²) >= 11 is 6.57. The molecule has 25 heavy (non-hydrogen) atoms. The molecule has 2 atom stereocenters. The van der Waals surface area contributed by atoms with Crippen molar-refractivity contribution in [1.82, 2.24) is 10.1 Å². The predicted octanol–water partition coefficient (Wildman–Crippen LogP) is 4.68. The summed E-state index contributed by atoms with van der Waals surface area (Å²) < 4.78 is 10.8. The average molecular weight is 359 g/mol. The van der Waals surface area contributed by atoms with Crippen LogP contribution in [0.3, 0.4) is 0 Å². The SMILES string of the molecule is CCOC(=O)N1C2CCC1C(c1cc(-c3ccccc3)on1)=C(Cl)C2. The second kappa shape index (κ2) is 6.56. The second-order valence-corrected chi connectivity index (χ2v) is 6.77. The monoisotopic (exact) mass is 358 g/mol. The first-order valence-electron chi connectivity index (χ1n) is 8.55. The first-order valence-corrected chi connectivity index (χ1v) is 8.93. The molecule has 1 fully saturated rings. The Bertz CT molecular complexity index is 815. The Kier molecular flexibility index (Phi) is 4.25. The predicted molar refractivity (Wildman–Crippen MR) is 95.0 cm³/mol. The number of rotatable bonds is 3. The molecule has 1 amide bonds. The average Bonchev–Trinajstić information content (AvgIpc) is 3.21. The zero-order valence-electron chi connectivity index (χ0n) is 13.9. The Hall–Kier alpha value is -2.27. The Balaban J connectivity index is 1.68. The standard InChI is InChI=1S/C19H19ClN2O3/c1-2-24-19(23)22-13-8-9-16(22)18(14(20)10-13)15-11-17(25-21-15)12-6-4-3-5-7-12/h3-7,11,13,16H,2,8-10H2,1H3. The molecule has 2 aliphatic heterocycles. The van der Waals surface area contributed by atoms with Gasteiger partial charge < -0.3 is 9.26 Å².